The van der Waals surface area contributed by atoms with Crippen LogP contribution in [0.2, 0.25) is 0 Å². The van der Waals surface area contributed by atoms with Gasteiger partial charge in [-0.2, -0.15) is 0 Å². The zero-order valence-electron chi connectivity index (χ0n) is 11.0. The number of hydrogen-bond acceptors (Lipinski definition) is 4. The molecule has 0 saturated heterocycles. The van der Waals surface area contributed by atoms with Crippen LogP contribution in [-0.4, -0.2) is 23.1 Å². The van der Waals surface area contributed by atoms with E-state index in [1.165, 1.54) is 12.1 Å². The van der Waals surface area contributed by atoms with Crippen LogP contribution in [0.3, 0.4) is 0 Å². The van der Waals surface area contributed by atoms with E-state index in [1.54, 1.807) is 30.6 Å². The van der Waals surface area contributed by atoms with Crippen LogP contribution in [0.15, 0.2) is 47.9 Å². The first-order chi connectivity index (χ1) is 9.61. The lowest BCUT2D eigenvalue weighted by Gasteiger charge is -2.21. The molecule has 0 unspecified atom stereocenters. The highest BCUT2D eigenvalue weighted by molar-refractivity contribution is 6.01. The summed E-state index contributed by atoms with van der Waals surface area (Å²) in [4.78, 5) is 5.94. The van der Waals surface area contributed by atoms with Crippen LogP contribution >= 0.6 is 0 Å². The van der Waals surface area contributed by atoms with Gasteiger partial charge in [-0.05, 0) is 23.8 Å². The van der Waals surface area contributed by atoms with Crippen LogP contribution in [0, 0.1) is 5.82 Å². The number of anilines is 1. The van der Waals surface area contributed by atoms with E-state index < -0.39 is 0 Å². The largest absolute Gasteiger partial charge is 0.409 e. The second-order valence-electron chi connectivity index (χ2n) is 4.36. The minimum absolute atomic E-state index is 0.0216. The molecular formula is C14H15FN4O. The maximum absolute atomic E-state index is 12.9. The summed E-state index contributed by atoms with van der Waals surface area (Å²) in [6, 6.07) is 7.93. The maximum Gasteiger partial charge on any atom is 0.172 e. The molecule has 20 heavy (non-hydrogen) atoms. The topological polar surface area (TPSA) is 74.7 Å². The Kier molecular flexibility index (Phi) is 4.14. The molecule has 0 aliphatic rings. The minimum atomic E-state index is -0.268. The van der Waals surface area contributed by atoms with Crippen molar-refractivity contribution in [2.24, 2.45) is 10.9 Å². The summed E-state index contributed by atoms with van der Waals surface area (Å²) in [6.45, 7) is 0.553. The van der Waals surface area contributed by atoms with Crippen LogP contribution in [0.25, 0.3) is 0 Å². The number of pyridine rings is 1. The molecule has 104 valence electrons. The molecule has 2 aromatic rings. The highest BCUT2D eigenvalue weighted by atomic mass is 19.1. The van der Waals surface area contributed by atoms with Gasteiger partial charge in [-0.15, -0.1) is 0 Å². The van der Waals surface area contributed by atoms with Crippen LogP contribution < -0.4 is 10.6 Å². The molecule has 1 aromatic carbocycles. The molecule has 0 atom stereocenters. The van der Waals surface area contributed by atoms with Crippen molar-refractivity contribution < 1.29 is 9.60 Å². The van der Waals surface area contributed by atoms with Crippen LogP contribution in [0.5, 0.6) is 0 Å². The molecule has 0 radical (unpaired) electrons. The highest BCUT2D eigenvalue weighted by Gasteiger charge is 2.11. The second-order valence-corrected chi connectivity index (χ2v) is 4.36. The Morgan fingerprint density at radius 1 is 1.35 bits per heavy atom. The molecule has 0 aliphatic carbocycles. The Morgan fingerprint density at radius 2 is 2.05 bits per heavy atom. The first-order valence-corrected chi connectivity index (χ1v) is 5.99. The van der Waals surface area contributed by atoms with E-state index >= 15 is 0 Å². The number of oxime groups is 1. The Bertz CT molecular complexity index is 613. The van der Waals surface area contributed by atoms with Gasteiger partial charge in [0.05, 0.1) is 11.9 Å². The number of hydrogen-bond donors (Lipinski definition) is 2. The molecule has 0 spiro atoms. The van der Waals surface area contributed by atoms with E-state index in [-0.39, 0.29) is 11.7 Å². The number of halogens is 1. The minimum Gasteiger partial charge on any atom is -0.409 e. The lowest BCUT2D eigenvalue weighted by Crippen LogP contribution is -2.22. The number of benzene rings is 1. The zero-order chi connectivity index (χ0) is 14.5. The summed E-state index contributed by atoms with van der Waals surface area (Å²) in [5.74, 6) is -0.247. The second kappa shape index (κ2) is 6.01. The first-order valence-electron chi connectivity index (χ1n) is 5.99. The van der Waals surface area contributed by atoms with Gasteiger partial charge in [0.25, 0.3) is 0 Å². The van der Waals surface area contributed by atoms with E-state index in [9.17, 15) is 4.39 Å². The molecule has 3 N–H and O–H groups in total. The van der Waals surface area contributed by atoms with E-state index in [0.717, 1.165) is 11.3 Å². The van der Waals surface area contributed by atoms with Gasteiger partial charge in [-0.25, -0.2) is 4.39 Å². The lowest BCUT2D eigenvalue weighted by molar-refractivity contribution is 0.318. The summed E-state index contributed by atoms with van der Waals surface area (Å²) in [5.41, 5.74) is 7.91. The zero-order valence-corrected chi connectivity index (χ0v) is 11.0. The molecule has 0 fully saturated rings. The predicted molar refractivity (Wildman–Crippen MR) is 75.3 cm³/mol. The molecule has 0 aliphatic heterocycles. The standard InChI is InChI=1S/C14H15FN4O/c1-19(9-10-2-4-11(15)5-3-10)13-8-17-7-6-12(13)14(16)18-20/h2-8,20H,9H2,1H3,(H2,16,18). The van der Waals surface area contributed by atoms with Gasteiger partial charge in [0.2, 0.25) is 0 Å². The Balaban J connectivity index is 2.25. The fraction of sp³-hybridized carbons (Fsp3) is 0.143. The van der Waals surface area contributed by atoms with Crippen LogP contribution in [0.1, 0.15) is 11.1 Å². The van der Waals surface area contributed by atoms with Gasteiger partial charge in [0.1, 0.15) is 5.82 Å². The number of amidine groups is 1. The monoisotopic (exact) mass is 274 g/mol. The molecule has 1 aromatic heterocycles. The average molecular weight is 274 g/mol. The number of nitrogens with zero attached hydrogens (tertiary/aromatic N) is 3. The van der Waals surface area contributed by atoms with E-state index in [4.69, 9.17) is 10.9 Å². The fourth-order valence-corrected chi connectivity index (χ4v) is 1.91. The number of aromatic nitrogens is 1. The molecule has 0 amide bonds. The normalized spacial score (nSPS) is 11.4. The van der Waals surface area contributed by atoms with E-state index in [1.807, 2.05) is 11.9 Å². The van der Waals surface area contributed by atoms with E-state index in [2.05, 4.69) is 10.1 Å². The van der Waals surface area contributed by atoms with Crippen LogP contribution in [-0.2, 0) is 6.54 Å². The van der Waals surface area contributed by atoms with Crippen molar-refractivity contribution in [2.75, 3.05) is 11.9 Å². The average Bonchev–Trinajstić information content (AvgIpc) is 2.48. The number of nitrogens with two attached hydrogens (primary N) is 1. The Labute approximate surface area is 116 Å². The molecular weight excluding hydrogens is 259 g/mol. The Morgan fingerprint density at radius 3 is 2.70 bits per heavy atom. The molecule has 1 heterocycles. The van der Waals surface area contributed by atoms with Gasteiger partial charge >= 0.3 is 0 Å². The molecule has 2 rings (SSSR count). The van der Waals surface area contributed by atoms with Crippen molar-refractivity contribution in [1.82, 2.24) is 4.98 Å². The van der Waals surface area contributed by atoms with Crippen molar-refractivity contribution in [3.05, 3.63) is 59.7 Å². The van der Waals surface area contributed by atoms with Gasteiger partial charge in [0.15, 0.2) is 5.84 Å². The SMILES string of the molecule is CN(Cc1ccc(F)cc1)c1cnccc1/C(N)=N/O. The van der Waals surface area contributed by atoms with Crippen molar-refractivity contribution in [2.45, 2.75) is 6.54 Å². The third-order valence-corrected chi connectivity index (χ3v) is 2.93. The van der Waals surface area contributed by atoms with Gasteiger partial charge in [-0.3, -0.25) is 4.98 Å². The van der Waals surface area contributed by atoms with Gasteiger partial charge in [0, 0.05) is 25.4 Å². The summed E-state index contributed by atoms with van der Waals surface area (Å²) in [5, 5.41) is 11.8. The van der Waals surface area contributed by atoms with E-state index in [0.29, 0.717) is 12.1 Å². The van der Waals surface area contributed by atoms with Crippen molar-refractivity contribution in [1.29, 1.82) is 0 Å². The van der Waals surface area contributed by atoms with Crippen molar-refractivity contribution in [3.63, 3.8) is 0 Å². The summed E-state index contributed by atoms with van der Waals surface area (Å²) < 4.78 is 12.9. The number of rotatable bonds is 4. The highest BCUT2D eigenvalue weighted by Crippen LogP contribution is 2.19. The summed E-state index contributed by atoms with van der Waals surface area (Å²) in [6.07, 6.45) is 3.21. The summed E-state index contributed by atoms with van der Waals surface area (Å²) >= 11 is 0. The fourth-order valence-electron chi connectivity index (χ4n) is 1.91. The van der Waals surface area contributed by atoms with Gasteiger partial charge in [-0.1, -0.05) is 17.3 Å². The molecule has 6 heteroatoms. The molecule has 0 saturated carbocycles. The third-order valence-electron chi connectivity index (χ3n) is 2.93. The first kappa shape index (κ1) is 13.8. The Hall–Kier alpha value is -2.63. The van der Waals surface area contributed by atoms with Crippen molar-refractivity contribution >= 4 is 11.5 Å². The smallest absolute Gasteiger partial charge is 0.172 e. The summed E-state index contributed by atoms with van der Waals surface area (Å²) in [7, 11) is 1.86. The third kappa shape index (κ3) is 3.03. The molecule has 0 bridgehead atoms. The molecule has 5 nitrogen and oxygen atoms in total. The lowest BCUT2D eigenvalue weighted by atomic mass is 10.1. The predicted octanol–water partition coefficient (Wildman–Crippen LogP) is 1.95. The van der Waals surface area contributed by atoms with Gasteiger partial charge < -0.3 is 15.8 Å². The van der Waals surface area contributed by atoms with Crippen LogP contribution in [0.4, 0.5) is 10.1 Å². The maximum atomic E-state index is 12.9. The quantitative estimate of drug-likeness (QED) is 0.387. The van der Waals surface area contributed by atoms with Crippen molar-refractivity contribution in [3.8, 4) is 0 Å².